The van der Waals surface area contributed by atoms with Crippen molar-refractivity contribution in [3.63, 3.8) is 0 Å². The van der Waals surface area contributed by atoms with Crippen LogP contribution < -0.4 is 10.6 Å². The SMILES string of the molecule is CC1=Cc2cc(Nc3ccnc(Nc4ccc(F)c(C)c4)n3)ccc2C1. The molecule has 0 fully saturated rings. The Hall–Kier alpha value is -3.21. The van der Waals surface area contributed by atoms with Crippen molar-refractivity contribution in [3.8, 4) is 0 Å². The first-order valence-electron chi connectivity index (χ1n) is 8.50. The number of benzene rings is 2. The van der Waals surface area contributed by atoms with Gasteiger partial charge in [0, 0.05) is 17.6 Å². The predicted molar refractivity (Wildman–Crippen MR) is 104 cm³/mol. The molecule has 3 aromatic rings. The van der Waals surface area contributed by atoms with E-state index in [1.54, 1.807) is 25.3 Å². The Balaban J connectivity index is 1.53. The molecule has 0 spiro atoms. The van der Waals surface area contributed by atoms with Crippen LogP contribution in [0.2, 0.25) is 0 Å². The van der Waals surface area contributed by atoms with Gasteiger partial charge in [-0.15, -0.1) is 0 Å². The maximum Gasteiger partial charge on any atom is 0.229 e. The Labute approximate surface area is 151 Å². The Morgan fingerprint density at radius 1 is 0.962 bits per heavy atom. The van der Waals surface area contributed by atoms with Crippen LogP contribution >= 0.6 is 0 Å². The van der Waals surface area contributed by atoms with E-state index in [2.05, 4.69) is 51.8 Å². The van der Waals surface area contributed by atoms with Crippen molar-refractivity contribution in [2.24, 2.45) is 0 Å². The molecule has 0 unspecified atom stereocenters. The highest BCUT2D eigenvalue weighted by atomic mass is 19.1. The summed E-state index contributed by atoms with van der Waals surface area (Å²) in [6.45, 7) is 3.87. The Morgan fingerprint density at radius 3 is 2.62 bits per heavy atom. The highest BCUT2D eigenvalue weighted by Gasteiger charge is 2.10. The van der Waals surface area contributed by atoms with Gasteiger partial charge in [0.1, 0.15) is 11.6 Å². The molecule has 0 bridgehead atoms. The van der Waals surface area contributed by atoms with Gasteiger partial charge in [-0.1, -0.05) is 17.7 Å². The van der Waals surface area contributed by atoms with Gasteiger partial charge in [0.05, 0.1) is 0 Å². The number of aryl methyl sites for hydroxylation is 1. The molecular weight excluding hydrogens is 327 g/mol. The second kappa shape index (κ2) is 6.59. The molecule has 1 heterocycles. The number of anilines is 4. The quantitative estimate of drug-likeness (QED) is 0.667. The number of hydrogen-bond donors (Lipinski definition) is 2. The van der Waals surface area contributed by atoms with Crippen LogP contribution in [-0.4, -0.2) is 9.97 Å². The third-order valence-corrected chi connectivity index (χ3v) is 4.36. The number of nitrogens with zero attached hydrogens (tertiary/aromatic N) is 2. The number of halogens is 1. The first-order valence-corrected chi connectivity index (χ1v) is 8.50. The summed E-state index contributed by atoms with van der Waals surface area (Å²) in [4.78, 5) is 8.71. The summed E-state index contributed by atoms with van der Waals surface area (Å²) in [6, 6.07) is 13.0. The first-order chi connectivity index (χ1) is 12.6. The molecule has 2 N–H and O–H groups in total. The maximum atomic E-state index is 13.4. The molecule has 1 aliphatic carbocycles. The van der Waals surface area contributed by atoms with Crippen molar-refractivity contribution in [1.29, 1.82) is 0 Å². The maximum absolute atomic E-state index is 13.4. The summed E-state index contributed by atoms with van der Waals surface area (Å²) in [5, 5.41) is 6.42. The van der Waals surface area contributed by atoms with Gasteiger partial charge in [-0.25, -0.2) is 9.37 Å². The lowest BCUT2D eigenvalue weighted by molar-refractivity contribution is 0.619. The number of fused-ring (bicyclic) bond motifs is 1. The number of aromatic nitrogens is 2. The van der Waals surface area contributed by atoms with Gasteiger partial charge in [-0.05, 0) is 73.4 Å². The van der Waals surface area contributed by atoms with Crippen molar-refractivity contribution in [1.82, 2.24) is 9.97 Å². The summed E-state index contributed by atoms with van der Waals surface area (Å²) in [7, 11) is 0. The number of hydrogen-bond acceptors (Lipinski definition) is 4. The normalized spacial score (nSPS) is 12.5. The molecule has 1 aliphatic rings. The average molecular weight is 346 g/mol. The first kappa shape index (κ1) is 16.3. The van der Waals surface area contributed by atoms with Crippen molar-refractivity contribution >= 4 is 29.2 Å². The lowest BCUT2D eigenvalue weighted by Gasteiger charge is -2.10. The molecule has 4 nitrogen and oxygen atoms in total. The zero-order chi connectivity index (χ0) is 18.1. The molecule has 130 valence electrons. The highest BCUT2D eigenvalue weighted by molar-refractivity contribution is 5.70. The zero-order valence-electron chi connectivity index (χ0n) is 14.7. The third kappa shape index (κ3) is 3.42. The van der Waals surface area contributed by atoms with Crippen molar-refractivity contribution in [2.45, 2.75) is 20.3 Å². The molecule has 0 atom stereocenters. The molecular formula is C21H19FN4. The standard InChI is InChI=1S/C21H19FN4/c1-13-9-15-3-4-18(12-16(15)10-13)24-20-7-8-23-21(26-20)25-17-5-6-19(22)14(2)11-17/h3-8,10-12H,9H2,1-2H3,(H2,23,24,25,26). The van der Waals surface area contributed by atoms with Crippen molar-refractivity contribution in [3.05, 3.63) is 76.7 Å². The summed E-state index contributed by atoms with van der Waals surface area (Å²) in [5.41, 5.74) is 6.29. The van der Waals surface area contributed by atoms with Crippen molar-refractivity contribution < 1.29 is 4.39 Å². The minimum atomic E-state index is -0.229. The Morgan fingerprint density at radius 2 is 1.77 bits per heavy atom. The monoisotopic (exact) mass is 346 g/mol. The molecule has 0 saturated carbocycles. The van der Waals surface area contributed by atoms with E-state index in [0.717, 1.165) is 17.8 Å². The molecule has 26 heavy (non-hydrogen) atoms. The molecule has 5 heteroatoms. The summed E-state index contributed by atoms with van der Waals surface area (Å²) in [6.07, 6.45) is 4.92. The number of allylic oxidation sites excluding steroid dienone is 1. The fourth-order valence-corrected chi connectivity index (χ4v) is 3.07. The lowest BCUT2D eigenvalue weighted by atomic mass is 10.1. The van der Waals surface area contributed by atoms with Crippen LogP contribution in [0.3, 0.4) is 0 Å². The van der Waals surface area contributed by atoms with Gasteiger partial charge in [-0.3, -0.25) is 0 Å². The molecule has 0 radical (unpaired) electrons. The minimum absolute atomic E-state index is 0.229. The van der Waals surface area contributed by atoms with Crippen LogP contribution in [0.15, 0.2) is 54.2 Å². The van der Waals surface area contributed by atoms with E-state index in [4.69, 9.17) is 0 Å². The second-order valence-corrected chi connectivity index (χ2v) is 6.56. The van der Waals surface area contributed by atoms with Gasteiger partial charge < -0.3 is 10.6 Å². The van der Waals surface area contributed by atoms with Crippen LogP contribution in [0, 0.1) is 12.7 Å². The molecule has 0 aliphatic heterocycles. The fraction of sp³-hybridized carbons (Fsp3) is 0.143. The van der Waals surface area contributed by atoms with Gasteiger partial charge in [-0.2, -0.15) is 4.98 Å². The van der Waals surface area contributed by atoms with Crippen LogP contribution in [0.5, 0.6) is 0 Å². The number of nitrogens with one attached hydrogen (secondary N) is 2. The Bertz CT molecular complexity index is 1010. The number of rotatable bonds is 4. The van der Waals surface area contributed by atoms with E-state index in [9.17, 15) is 4.39 Å². The van der Waals surface area contributed by atoms with E-state index < -0.39 is 0 Å². The topological polar surface area (TPSA) is 49.8 Å². The fourth-order valence-electron chi connectivity index (χ4n) is 3.07. The molecule has 0 amide bonds. The highest BCUT2D eigenvalue weighted by Crippen LogP contribution is 2.28. The smallest absolute Gasteiger partial charge is 0.229 e. The van der Waals surface area contributed by atoms with E-state index in [1.165, 1.54) is 22.8 Å². The van der Waals surface area contributed by atoms with Gasteiger partial charge in [0.25, 0.3) is 0 Å². The lowest BCUT2D eigenvalue weighted by Crippen LogP contribution is -2.01. The molecule has 0 saturated heterocycles. The third-order valence-electron chi connectivity index (χ3n) is 4.36. The summed E-state index contributed by atoms with van der Waals surface area (Å²) < 4.78 is 13.4. The van der Waals surface area contributed by atoms with E-state index >= 15 is 0 Å². The summed E-state index contributed by atoms with van der Waals surface area (Å²) >= 11 is 0. The van der Waals surface area contributed by atoms with E-state index in [-0.39, 0.29) is 5.82 Å². The minimum Gasteiger partial charge on any atom is -0.340 e. The Kier molecular flexibility index (Phi) is 4.13. The second-order valence-electron chi connectivity index (χ2n) is 6.56. The van der Waals surface area contributed by atoms with Crippen LogP contribution in [-0.2, 0) is 6.42 Å². The predicted octanol–water partition coefficient (Wildman–Crippen LogP) is 5.37. The van der Waals surface area contributed by atoms with E-state index in [1.807, 2.05) is 6.07 Å². The van der Waals surface area contributed by atoms with Crippen LogP contribution in [0.25, 0.3) is 6.08 Å². The van der Waals surface area contributed by atoms with Crippen LogP contribution in [0.4, 0.5) is 27.5 Å². The summed E-state index contributed by atoms with van der Waals surface area (Å²) in [5.74, 6) is 0.922. The van der Waals surface area contributed by atoms with Crippen LogP contribution in [0.1, 0.15) is 23.6 Å². The molecule has 4 rings (SSSR count). The largest absolute Gasteiger partial charge is 0.340 e. The molecule has 2 aromatic carbocycles. The van der Waals surface area contributed by atoms with Gasteiger partial charge in [0.15, 0.2) is 0 Å². The zero-order valence-corrected chi connectivity index (χ0v) is 14.7. The molecule has 1 aromatic heterocycles. The van der Waals surface area contributed by atoms with E-state index in [0.29, 0.717) is 17.3 Å². The average Bonchev–Trinajstić information content (AvgIpc) is 2.98. The van der Waals surface area contributed by atoms with Gasteiger partial charge in [0.2, 0.25) is 5.95 Å². The van der Waals surface area contributed by atoms with Gasteiger partial charge >= 0.3 is 0 Å². The van der Waals surface area contributed by atoms with Crippen molar-refractivity contribution in [2.75, 3.05) is 10.6 Å².